The summed E-state index contributed by atoms with van der Waals surface area (Å²) in [4.78, 5) is 13.1. The van der Waals surface area contributed by atoms with Crippen LogP contribution in [0.25, 0.3) is 6.08 Å². The van der Waals surface area contributed by atoms with Crippen LogP contribution in [-0.2, 0) is 14.8 Å². The van der Waals surface area contributed by atoms with Crippen molar-refractivity contribution in [2.75, 3.05) is 10.9 Å². The highest BCUT2D eigenvalue weighted by atomic mass is 32.2. The van der Waals surface area contributed by atoms with Crippen LogP contribution in [0.2, 0.25) is 0 Å². The molecule has 0 atom stereocenters. The van der Waals surface area contributed by atoms with Crippen molar-refractivity contribution in [1.82, 2.24) is 0 Å². The van der Waals surface area contributed by atoms with Crippen molar-refractivity contribution in [3.05, 3.63) is 96.6 Å². The predicted octanol–water partition coefficient (Wildman–Crippen LogP) is 4.91. The SMILES string of the molecule is CCCOc1ccccc1/C=C/C(=O)N(c1ccccc1)S(=O)(=O)c1ccccc1. The van der Waals surface area contributed by atoms with Crippen LogP contribution >= 0.6 is 0 Å². The minimum Gasteiger partial charge on any atom is -0.493 e. The molecule has 0 unspecified atom stereocenters. The van der Waals surface area contributed by atoms with Crippen LogP contribution in [0.3, 0.4) is 0 Å². The van der Waals surface area contributed by atoms with Gasteiger partial charge in [0.1, 0.15) is 5.75 Å². The largest absolute Gasteiger partial charge is 0.493 e. The second-order valence-electron chi connectivity index (χ2n) is 6.48. The summed E-state index contributed by atoms with van der Waals surface area (Å²) in [5.74, 6) is -0.0316. The lowest BCUT2D eigenvalue weighted by atomic mass is 10.2. The van der Waals surface area contributed by atoms with Gasteiger partial charge in [-0.2, -0.15) is 4.31 Å². The molecular formula is C24H23NO4S. The summed E-state index contributed by atoms with van der Waals surface area (Å²) in [6.07, 6.45) is 3.68. The number of ether oxygens (including phenoxy) is 1. The molecule has 3 aromatic carbocycles. The maximum absolute atomic E-state index is 13.2. The minimum absolute atomic E-state index is 0.0438. The highest BCUT2D eigenvalue weighted by Gasteiger charge is 2.29. The first-order valence-corrected chi connectivity index (χ1v) is 11.1. The Bertz CT molecular complexity index is 1110. The van der Waals surface area contributed by atoms with Crippen LogP contribution in [0.4, 0.5) is 5.69 Å². The maximum atomic E-state index is 13.2. The molecule has 0 aliphatic carbocycles. The van der Waals surface area contributed by atoms with Crippen molar-refractivity contribution in [1.29, 1.82) is 0 Å². The van der Waals surface area contributed by atoms with Gasteiger partial charge >= 0.3 is 0 Å². The first-order chi connectivity index (χ1) is 14.5. The van der Waals surface area contributed by atoms with Gasteiger partial charge in [0, 0.05) is 11.6 Å². The van der Waals surface area contributed by atoms with Crippen molar-refractivity contribution in [2.45, 2.75) is 18.2 Å². The molecule has 0 aliphatic heterocycles. The van der Waals surface area contributed by atoms with Crippen LogP contribution < -0.4 is 9.04 Å². The predicted molar refractivity (Wildman–Crippen MR) is 119 cm³/mol. The fourth-order valence-electron chi connectivity index (χ4n) is 2.84. The number of hydrogen-bond donors (Lipinski definition) is 0. The van der Waals surface area contributed by atoms with Gasteiger partial charge in [-0.15, -0.1) is 0 Å². The topological polar surface area (TPSA) is 63.7 Å². The van der Waals surface area contributed by atoms with Crippen LogP contribution in [-0.4, -0.2) is 20.9 Å². The molecule has 0 saturated carbocycles. The molecule has 1 amide bonds. The normalized spacial score (nSPS) is 11.4. The van der Waals surface area contributed by atoms with Crippen molar-refractivity contribution < 1.29 is 17.9 Å². The number of nitrogens with zero attached hydrogens (tertiary/aromatic N) is 1. The third-order valence-electron chi connectivity index (χ3n) is 4.26. The van der Waals surface area contributed by atoms with Gasteiger partial charge in [-0.3, -0.25) is 4.79 Å². The van der Waals surface area contributed by atoms with E-state index >= 15 is 0 Å². The van der Waals surface area contributed by atoms with Crippen molar-refractivity contribution in [2.24, 2.45) is 0 Å². The zero-order valence-corrected chi connectivity index (χ0v) is 17.5. The summed E-state index contributed by atoms with van der Waals surface area (Å²) in [6.45, 7) is 2.56. The number of carbonyl (C=O) groups excluding carboxylic acids is 1. The standard InChI is InChI=1S/C24H23NO4S/c1-2-19-29-23-16-10-9-11-20(23)17-18-24(26)25(21-12-5-3-6-13-21)30(27,28)22-14-7-4-8-15-22/h3-18H,2,19H2,1H3/b18-17+. The van der Waals surface area contributed by atoms with Crippen LogP contribution in [0.1, 0.15) is 18.9 Å². The number of benzene rings is 3. The van der Waals surface area contributed by atoms with Gasteiger partial charge in [0.05, 0.1) is 17.2 Å². The van der Waals surface area contributed by atoms with E-state index in [4.69, 9.17) is 4.74 Å². The van der Waals surface area contributed by atoms with E-state index in [1.54, 1.807) is 54.6 Å². The van der Waals surface area contributed by atoms with E-state index in [1.165, 1.54) is 18.2 Å². The van der Waals surface area contributed by atoms with Gasteiger partial charge in [-0.05, 0) is 42.8 Å². The molecule has 154 valence electrons. The summed E-state index contributed by atoms with van der Waals surface area (Å²) in [5.41, 5.74) is 0.968. The molecule has 30 heavy (non-hydrogen) atoms. The fourth-order valence-corrected chi connectivity index (χ4v) is 4.25. The van der Waals surface area contributed by atoms with Gasteiger partial charge in [-0.1, -0.05) is 61.5 Å². The molecule has 0 spiro atoms. The Morgan fingerprint density at radius 1 is 0.900 bits per heavy atom. The zero-order valence-electron chi connectivity index (χ0n) is 16.6. The number of sulfonamides is 1. The number of rotatable bonds is 8. The molecule has 3 aromatic rings. The van der Waals surface area contributed by atoms with Crippen LogP contribution in [0, 0.1) is 0 Å². The molecule has 0 heterocycles. The number of para-hydroxylation sites is 2. The monoisotopic (exact) mass is 421 g/mol. The number of anilines is 1. The number of hydrogen-bond acceptors (Lipinski definition) is 4. The van der Waals surface area contributed by atoms with E-state index in [9.17, 15) is 13.2 Å². The Labute approximate surface area is 177 Å². The molecule has 5 nitrogen and oxygen atoms in total. The van der Waals surface area contributed by atoms with Gasteiger partial charge in [0.25, 0.3) is 15.9 Å². The van der Waals surface area contributed by atoms with E-state index in [2.05, 4.69) is 0 Å². The first kappa shape index (κ1) is 21.3. The molecule has 3 rings (SSSR count). The lowest BCUT2D eigenvalue weighted by Gasteiger charge is -2.21. The molecule has 0 saturated heterocycles. The smallest absolute Gasteiger partial charge is 0.271 e. The van der Waals surface area contributed by atoms with Gasteiger partial charge in [0.15, 0.2) is 0 Å². The average molecular weight is 422 g/mol. The molecule has 0 N–H and O–H groups in total. The van der Waals surface area contributed by atoms with E-state index in [0.717, 1.165) is 10.7 Å². The van der Waals surface area contributed by atoms with Crippen LogP contribution in [0.5, 0.6) is 5.75 Å². The molecule has 0 fully saturated rings. The van der Waals surface area contributed by atoms with E-state index < -0.39 is 15.9 Å². The molecule has 0 bridgehead atoms. The van der Waals surface area contributed by atoms with Crippen molar-refractivity contribution >= 4 is 27.7 Å². The Kier molecular flexibility index (Phi) is 7.03. The highest BCUT2D eigenvalue weighted by Crippen LogP contribution is 2.25. The second-order valence-corrected chi connectivity index (χ2v) is 8.26. The summed E-state index contributed by atoms with van der Waals surface area (Å²) in [7, 11) is -4.08. The first-order valence-electron chi connectivity index (χ1n) is 9.63. The minimum atomic E-state index is -4.08. The Morgan fingerprint density at radius 2 is 1.50 bits per heavy atom. The van der Waals surface area contributed by atoms with Crippen molar-refractivity contribution in [3.63, 3.8) is 0 Å². The quantitative estimate of drug-likeness (QED) is 0.485. The van der Waals surface area contributed by atoms with Gasteiger partial charge in [0.2, 0.25) is 0 Å². The summed E-state index contributed by atoms with van der Waals surface area (Å²) in [5, 5.41) is 0. The molecular weight excluding hydrogens is 398 g/mol. The average Bonchev–Trinajstić information content (AvgIpc) is 2.78. The lowest BCUT2D eigenvalue weighted by Crippen LogP contribution is -2.35. The Hall–Kier alpha value is -3.38. The third kappa shape index (κ3) is 4.96. The molecule has 0 aliphatic rings. The highest BCUT2D eigenvalue weighted by molar-refractivity contribution is 7.93. The van der Waals surface area contributed by atoms with Crippen molar-refractivity contribution in [3.8, 4) is 5.75 Å². The third-order valence-corrected chi connectivity index (χ3v) is 6.00. The Balaban J connectivity index is 1.98. The fraction of sp³-hybridized carbons (Fsp3) is 0.125. The summed E-state index contributed by atoms with van der Waals surface area (Å²) < 4.78 is 33.0. The lowest BCUT2D eigenvalue weighted by molar-refractivity contribution is -0.113. The van der Waals surface area contributed by atoms with E-state index in [1.807, 2.05) is 31.2 Å². The number of amides is 1. The van der Waals surface area contributed by atoms with Crippen LogP contribution in [0.15, 0.2) is 95.9 Å². The van der Waals surface area contributed by atoms with E-state index in [-0.39, 0.29) is 10.6 Å². The molecule has 6 heteroatoms. The number of carbonyl (C=O) groups is 1. The summed E-state index contributed by atoms with van der Waals surface area (Å²) in [6, 6.07) is 23.5. The Morgan fingerprint density at radius 3 is 2.17 bits per heavy atom. The van der Waals surface area contributed by atoms with Gasteiger partial charge in [-0.25, -0.2) is 8.42 Å². The maximum Gasteiger partial charge on any atom is 0.271 e. The summed E-state index contributed by atoms with van der Waals surface area (Å²) >= 11 is 0. The second kappa shape index (κ2) is 9.89. The van der Waals surface area contributed by atoms with Gasteiger partial charge < -0.3 is 4.74 Å². The zero-order chi connectivity index (χ0) is 21.4. The molecule has 0 aromatic heterocycles. The molecule has 0 radical (unpaired) electrons. The van der Waals surface area contributed by atoms with E-state index in [0.29, 0.717) is 17.9 Å².